The van der Waals surface area contributed by atoms with Gasteiger partial charge in [-0.25, -0.2) is 8.78 Å². The number of nitrogens with two attached hydrogens (primary N) is 1. The third-order valence-electron chi connectivity index (χ3n) is 2.53. The molecule has 0 amide bonds. The van der Waals surface area contributed by atoms with E-state index in [9.17, 15) is 8.78 Å². The molecule has 0 radical (unpaired) electrons. The normalized spacial score (nSPS) is 32.2. The molecule has 12 heavy (non-hydrogen) atoms. The molecule has 0 saturated carbocycles. The molecule has 0 aromatic rings. The van der Waals surface area contributed by atoms with E-state index in [1.54, 1.807) is 0 Å². The first kappa shape index (κ1) is 9.86. The molecule has 1 saturated heterocycles. The fraction of sp³-hybridized carbons (Fsp3) is 1.00. The van der Waals surface area contributed by atoms with Gasteiger partial charge in [0, 0.05) is 19.1 Å². The molecule has 72 valence electrons. The summed E-state index contributed by atoms with van der Waals surface area (Å²) in [4.78, 5) is 1.99. The van der Waals surface area contributed by atoms with Crippen LogP contribution in [0.15, 0.2) is 0 Å². The Morgan fingerprint density at radius 3 is 2.25 bits per heavy atom. The van der Waals surface area contributed by atoms with E-state index in [2.05, 4.69) is 0 Å². The number of likely N-dealkylation sites (tertiary alicyclic amines) is 1. The minimum absolute atomic E-state index is 0.314. The molecule has 0 aromatic carbocycles. The topological polar surface area (TPSA) is 29.3 Å². The second-order valence-electron chi connectivity index (χ2n) is 3.85. The average molecular weight is 178 g/mol. The van der Waals surface area contributed by atoms with Gasteiger partial charge in [-0.3, -0.25) is 4.90 Å². The Balaban J connectivity index is 2.55. The lowest BCUT2D eigenvalue weighted by atomic mass is 10.0. The highest BCUT2D eigenvalue weighted by molar-refractivity contribution is 4.97. The molecule has 1 fully saturated rings. The second kappa shape index (κ2) is 3.26. The SMILES string of the molecule is CC(C)N1CCC(N)(C(F)F)C1. The van der Waals surface area contributed by atoms with Gasteiger partial charge in [0.15, 0.2) is 0 Å². The first-order valence-corrected chi connectivity index (χ1v) is 4.27. The predicted molar refractivity (Wildman–Crippen MR) is 44.2 cm³/mol. The maximum Gasteiger partial charge on any atom is 0.257 e. The standard InChI is InChI=1S/C8H16F2N2/c1-6(2)12-4-3-8(11,5-12)7(9)10/h6-7H,3-5,11H2,1-2H3. The molecular formula is C8H16F2N2. The number of alkyl halides is 2. The van der Waals surface area contributed by atoms with Crippen molar-refractivity contribution in [1.29, 1.82) is 0 Å². The van der Waals surface area contributed by atoms with E-state index in [1.165, 1.54) is 0 Å². The van der Waals surface area contributed by atoms with Crippen LogP contribution in [-0.4, -0.2) is 36.0 Å². The highest BCUT2D eigenvalue weighted by Crippen LogP contribution is 2.26. The Hall–Kier alpha value is -0.220. The Kier molecular flexibility index (Phi) is 2.68. The number of halogens is 2. The van der Waals surface area contributed by atoms with Crippen LogP contribution in [0, 0.1) is 0 Å². The summed E-state index contributed by atoms with van der Waals surface area (Å²) >= 11 is 0. The van der Waals surface area contributed by atoms with Crippen molar-refractivity contribution in [2.75, 3.05) is 13.1 Å². The van der Waals surface area contributed by atoms with Gasteiger partial charge in [-0.2, -0.15) is 0 Å². The molecule has 4 heteroatoms. The van der Waals surface area contributed by atoms with Crippen LogP contribution >= 0.6 is 0 Å². The zero-order chi connectivity index (χ0) is 9.35. The summed E-state index contributed by atoms with van der Waals surface area (Å²) in [5, 5.41) is 0. The summed E-state index contributed by atoms with van der Waals surface area (Å²) in [5.74, 6) is 0. The van der Waals surface area contributed by atoms with Gasteiger partial charge in [0.2, 0.25) is 0 Å². The summed E-state index contributed by atoms with van der Waals surface area (Å²) in [6.07, 6.45) is -2.00. The monoisotopic (exact) mass is 178 g/mol. The minimum Gasteiger partial charge on any atom is -0.319 e. The maximum atomic E-state index is 12.4. The Morgan fingerprint density at radius 1 is 1.42 bits per heavy atom. The van der Waals surface area contributed by atoms with Crippen LogP contribution in [0.25, 0.3) is 0 Å². The molecule has 1 aliphatic rings. The van der Waals surface area contributed by atoms with Crippen LogP contribution < -0.4 is 5.73 Å². The molecular weight excluding hydrogens is 162 g/mol. The number of nitrogens with zero attached hydrogens (tertiary/aromatic N) is 1. The van der Waals surface area contributed by atoms with Crippen molar-refractivity contribution in [2.45, 2.75) is 38.3 Å². The van der Waals surface area contributed by atoms with Gasteiger partial charge in [0.05, 0.1) is 5.54 Å². The summed E-state index contributed by atoms with van der Waals surface area (Å²) in [7, 11) is 0. The summed E-state index contributed by atoms with van der Waals surface area (Å²) in [6, 6.07) is 0.314. The van der Waals surface area contributed by atoms with Gasteiger partial charge in [-0.05, 0) is 20.3 Å². The molecule has 2 N–H and O–H groups in total. The van der Waals surface area contributed by atoms with Crippen molar-refractivity contribution < 1.29 is 8.78 Å². The summed E-state index contributed by atoms with van der Waals surface area (Å²) in [5.41, 5.74) is 4.28. The van der Waals surface area contributed by atoms with E-state index < -0.39 is 12.0 Å². The van der Waals surface area contributed by atoms with Crippen molar-refractivity contribution in [3.63, 3.8) is 0 Å². The van der Waals surface area contributed by atoms with Gasteiger partial charge >= 0.3 is 0 Å². The van der Waals surface area contributed by atoms with Crippen LogP contribution in [0.4, 0.5) is 8.78 Å². The highest BCUT2D eigenvalue weighted by atomic mass is 19.3. The Labute approximate surface area is 71.7 Å². The molecule has 0 bridgehead atoms. The molecule has 0 spiro atoms. The molecule has 1 aliphatic heterocycles. The number of hydrogen-bond acceptors (Lipinski definition) is 2. The lowest BCUT2D eigenvalue weighted by Crippen LogP contribution is -2.49. The van der Waals surface area contributed by atoms with E-state index in [-0.39, 0.29) is 0 Å². The fourth-order valence-electron chi connectivity index (χ4n) is 1.51. The smallest absolute Gasteiger partial charge is 0.257 e. The first-order valence-electron chi connectivity index (χ1n) is 4.27. The second-order valence-corrected chi connectivity index (χ2v) is 3.85. The number of hydrogen-bond donors (Lipinski definition) is 1. The van der Waals surface area contributed by atoms with E-state index >= 15 is 0 Å². The molecule has 1 rings (SSSR count). The van der Waals surface area contributed by atoms with Crippen LogP contribution in [0.5, 0.6) is 0 Å². The highest BCUT2D eigenvalue weighted by Gasteiger charge is 2.42. The van der Waals surface area contributed by atoms with Crippen LogP contribution in [0.2, 0.25) is 0 Å². The fourth-order valence-corrected chi connectivity index (χ4v) is 1.51. The average Bonchev–Trinajstić information content (AvgIpc) is 2.33. The zero-order valence-electron chi connectivity index (χ0n) is 7.56. The van der Waals surface area contributed by atoms with Crippen molar-refractivity contribution in [1.82, 2.24) is 4.90 Å². The molecule has 1 unspecified atom stereocenters. The molecule has 0 aliphatic carbocycles. The van der Waals surface area contributed by atoms with E-state index in [1.807, 2.05) is 18.7 Å². The van der Waals surface area contributed by atoms with E-state index in [0.717, 1.165) is 0 Å². The van der Waals surface area contributed by atoms with Crippen molar-refractivity contribution in [3.05, 3.63) is 0 Å². The molecule has 1 atom stereocenters. The maximum absolute atomic E-state index is 12.4. The molecule has 1 heterocycles. The lowest BCUT2D eigenvalue weighted by Gasteiger charge is -2.25. The Morgan fingerprint density at radius 2 is 2.00 bits per heavy atom. The van der Waals surface area contributed by atoms with Crippen molar-refractivity contribution in [2.24, 2.45) is 5.73 Å². The number of rotatable bonds is 2. The van der Waals surface area contributed by atoms with Gasteiger partial charge in [-0.1, -0.05) is 0 Å². The van der Waals surface area contributed by atoms with Crippen molar-refractivity contribution in [3.8, 4) is 0 Å². The first-order chi connectivity index (χ1) is 5.46. The molecule has 2 nitrogen and oxygen atoms in total. The third-order valence-corrected chi connectivity index (χ3v) is 2.53. The largest absolute Gasteiger partial charge is 0.319 e. The van der Waals surface area contributed by atoms with Crippen molar-refractivity contribution >= 4 is 0 Å². The Bertz CT molecular complexity index is 161. The predicted octanol–water partition coefficient (Wildman–Crippen LogP) is 1.06. The van der Waals surface area contributed by atoms with Gasteiger partial charge in [0.25, 0.3) is 6.43 Å². The lowest BCUT2D eigenvalue weighted by molar-refractivity contribution is 0.0560. The van der Waals surface area contributed by atoms with E-state index in [0.29, 0.717) is 25.6 Å². The van der Waals surface area contributed by atoms with Crippen LogP contribution in [0.1, 0.15) is 20.3 Å². The van der Waals surface area contributed by atoms with Gasteiger partial charge in [0.1, 0.15) is 0 Å². The van der Waals surface area contributed by atoms with E-state index in [4.69, 9.17) is 5.73 Å². The van der Waals surface area contributed by atoms with Crippen LogP contribution in [0.3, 0.4) is 0 Å². The van der Waals surface area contributed by atoms with Gasteiger partial charge in [-0.15, -0.1) is 0 Å². The molecule has 0 aromatic heterocycles. The quantitative estimate of drug-likeness (QED) is 0.685. The van der Waals surface area contributed by atoms with Crippen LogP contribution in [-0.2, 0) is 0 Å². The van der Waals surface area contributed by atoms with Gasteiger partial charge < -0.3 is 5.73 Å². The third kappa shape index (κ3) is 1.75. The minimum atomic E-state index is -2.40. The summed E-state index contributed by atoms with van der Waals surface area (Å²) < 4.78 is 24.8. The summed E-state index contributed by atoms with van der Waals surface area (Å²) in [6.45, 7) is 5.01. The zero-order valence-corrected chi connectivity index (χ0v) is 7.56.